The first-order chi connectivity index (χ1) is 16.0. The fourth-order valence-corrected chi connectivity index (χ4v) is 4.34. The molecule has 3 aromatic carbocycles. The van der Waals surface area contributed by atoms with Crippen LogP contribution in [0.15, 0.2) is 48.5 Å². The highest BCUT2D eigenvalue weighted by atomic mass is 19.4. The number of aliphatic carboxylic acids is 1. The van der Waals surface area contributed by atoms with Gasteiger partial charge in [-0.05, 0) is 65.2 Å². The first-order valence-corrected chi connectivity index (χ1v) is 10.7. The number of carboxylic acids is 1. The van der Waals surface area contributed by atoms with Crippen LogP contribution < -0.4 is 4.90 Å². The van der Waals surface area contributed by atoms with Gasteiger partial charge >= 0.3 is 12.1 Å². The van der Waals surface area contributed by atoms with E-state index < -0.39 is 23.5 Å². The van der Waals surface area contributed by atoms with E-state index in [0.29, 0.717) is 53.8 Å². The second kappa shape index (κ2) is 8.96. The standard InChI is InChI=1S/C25H22F4N2O3/c1-15-17(13-22(32)33)12-16-2-5-19(26)14-21(16)23(15)24(34)31-10-8-30(9-11-31)20-6-3-18(4-7-20)25(27,28)29/h2-7,12,14H,8-11,13H2,1H3,(H,32,33). The van der Waals surface area contributed by atoms with Gasteiger partial charge in [-0.25, -0.2) is 4.39 Å². The van der Waals surface area contributed by atoms with Gasteiger partial charge in [0.25, 0.3) is 5.91 Å². The van der Waals surface area contributed by atoms with Gasteiger partial charge in [-0.3, -0.25) is 9.59 Å². The molecular weight excluding hydrogens is 452 g/mol. The number of carboxylic acid groups (broad SMARTS) is 1. The lowest BCUT2D eigenvalue weighted by Crippen LogP contribution is -2.49. The molecule has 1 fully saturated rings. The molecule has 178 valence electrons. The number of anilines is 1. The van der Waals surface area contributed by atoms with Crippen molar-refractivity contribution in [2.45, 2.75) is 19.5 Å². The molecule has 0 radical (unpaired) electrons. The van der Waals surface area contributed by atoms with Crippen molar-refractivity contribution in [3.63, 3.8) is 0 Å². The van der Waals surface area contributed by atoms with Crippen LogP contribution in [0.25, 0.3) is 10.8 Å². The molecule has 4 rings (SSSR count). The van der Waals surface area contributed by atoms with E-state index >= 15 is 0 Å². The predicted molar refractivity (Wildman–Crippen MR) is 120 cm³/mol. The van der Waals surface area contributed by atoms with Crippen molar-refractivity contribution in [1.82, 2.24) is 4.90 Å². The number of halogens is 4. The Bertz CT molecular complexity index is 1250. The molecule has 1 aliphatic rings. The van der Waals surface area contributed by atoms with Crippen LogP contribution in [0.3, 0.4) is 0 Å². The van der Waals surface area contributed by atoms with E-state index in [1.54, 1.807) is 17.9 Å². The van der Waals surface area contributed by atoms with Crippen LogP contribution in [0.4, 0.5) is 23.2 Å². The van der Waals surface area contributed by atoms with Gasteiger partial charge in [-0.1, -0.05) is 12.1 Å². The molecule has 0 bridgehead atoms. The number of hydrogen-bond donors (Lipinski definition) is 1. The van der Waals surface area contributed by atoms with Crippen LogP contribution >= 0.6 is 0 Å². The lowest BCUT2D eigenvalue weighted by atomic mass is 9.92. The minimum Gasteiger partial charge on any atom is -0.481 e. The predicted octanol–water partition coefficient (Wildman–Crippen LogP) is 4.90. The third kappa shape index (κ3) is 4.69. The minimum absolute atomic E-state index is 0.263. The van der Waals surface area contributed by atoms with Gasteiger partial charge in [0.05, 0.1) is 17.5 Å². The number of hydrogen-bond acceptors (Lipinski definition) is 3. The van der Waals surface area contributed by atoms with Gasteiger partial charge in [0.1, 0.15) is 5.82 Å². The van der Waals surface area contributed by atoms with Crippen LogP contribution in [-0.2, 0) is 17.4 Å². The largest absolute Gasteiger partial charge is 0.481 e. The first kappa shape index (κ1) is 23.5. The summed E-state index contributed by atoms with van der Waals surface area (Å²) in [4.78, 5) is 28.3. The van der Waals surface area contributed by atoms with E-state index in [-0.39, 0.29) is 17.9 Å². The van der Waals surface area contributed by atoms with E-state index in [1.165, 1.54) is 30.3 Å². The van der Waals surface area contributed by atoms with Crippen molar-refractivity contribution in [2.75, 3.05) is 31.1 Å². The van der Waals surface area contributed by atoms with Gasteiger partial charge in [0.15, 0.2) is 0 Å². The highest BCUT2D eigenvalue weighted by Gasteiger charge is 2.31. The summed E-state index contributed by atoms with van der Waals surface area (Å²) in [5.41, 5.74) is 1.17. The zero-order chi connectivity index (χ0) is 24.6. The fraction of sp³-hybridized carbons (Fsp3) is 0.280. The zero-order valence-corrected chi connectivity index (χ0v) is 18.3. The van der Waals surface area contributed by atoms with E-state index in [1.807, 2.05) is 4.90 Å². The van der Waals surface area contributed by atoms with Crippen LogP contribution in [-0.4, -0.2) is 48.1 Å². The van der Waals surface area contributed by atoms with Gasteiger partial charge < -0.3 is 14.9 Å². The third-order valence-electron chi connectivity index (χ3n) is 6.15. The smallest absolute Gasteiger partial charge is 0.416 e. The van der Waals surface area contributed by atoms with Crippen molar-refractivity contribution in [1.29, 1.82) is 0 Å². The molecule has 1 N–H and O–H groups in total. The molecule has 0 spiro atoms. The number of benzene rings is 3. The third-order valence-corrected chi connectivity index (χ3v) is 6.15. The Morgan fingerprint density at radius 3 is 2.21 bits per heavy atom. The van der Waals surface area contributed by atoms with Gasteiger partial charge in [0, 0.05) is 31.9 Å². The Hall–Kier alpha value is -3.62. The molecule has 0 aliphatic carbocycles. The molecule has 34 heavy (non-hydrogen) atoms. The van der Waals surface area contributed by atoms with Gasteiger partial charge in [0.2, 0.25) is 0 Å². The summed E-state index contributed by atoms with van der Waals surface area (Å²) in [5.74, 6) is -1.86. The molecule has 9 heteroatoms. The van der Waals surface area contributed by atoms with Crippen LogP contribution in [0.5, 0.6) is 0 Å². The Labute approximate surface area is 193 Å². The Morgan fingerprint density at radius 1 is 0.971 bits per heavy atom. The monoisotopic (exact) mass is 474 g/mol. The molecule has 3 aromatic rings. The molecule has 0 aromatic heterocycles. The number of carbonyl (C=O) groups is 2. The molecule has 0 atom stereocenters. The average Bonchev–Trinajstić information content (AvgIpc) is 2.79. The fourth-order valence-electron chi connectivity index (χ4n) is 4.34. The molecule has 1 saturated heterocycles. The summed E-state index contributed by atoms with van der Waals surface area (Å²) in [7, 11) is 0. The topological polar surface area (TPSA) is 60.9 Å². The summed E-state index contributed by atoms with van der Waals surface area (Å²) in [6.07, 6.45) is -4.67. The molecular formula is C25H22F4N2O3. The van der Waals surface area contributed by atoms with Crippen LogP contribution in [0.1, 0.15) is 27.0 Å². The number of piperazine rings is 1. The second-order valence-electron chi connectivity index (χ2n) is 8.30. The summed E-state index contributed by atoms with van der Waals surface area (Å²) in [5, 5.41) is 10.3. The van der Waals surface area contributed by atoms with Crippen molar-refractivity contribution < 1.29 is 32.3 Å². The highest BCUT2D eigenvalue weighted by Crippen LogP contribution is 2.32. The van der Waals surface area contributed by atoms with Gasteiger partial charge in [-0.2, -0.15) is 13.2 Å². The van der Waals surface area contributed by atoms with Crippen molar-refractivity contribution in [3.05, 3.63) is 76.6 Å². The lowest BCUT2D eigenvalue weighted by Gasteiger charge is -2.36. The summed E-state index contributed by atoms with van der Waals surface area (Å²) in [6.45, 7) is 3.13. The van der Waals surface area contributed by atoms with Crippen molar-refractivity contribution in [2.24, 2.45) is 0 Å². The Balaban J connectivity index is 1.58. The maximum absolute atomic E-state index is 14.0. The Kier molecular flexibility index (Phi) is 6.20. The second-order valence-corrected chi connectivity index (χ2v) is 8.30. The normalized spacial score (nSPS) is 14.5. The highest BCUT2D eigenvalue weighted by molar-refractivity contribution is 6.09. The number of carbonyl (C=O) groups excluding carboxylic acids is 1. The van der Waals surface area contributed by atoms with Gasteiger partial charge in [-0.15, -0.1) is 0 Å². The van der Waals surface area contributed by atoms with Crippen LogP contribution in [0, 0.1) is 12.7 Å². The lowest BCUT2D eigenvalue weighted by molar-refractivity contribution is -0.138. The van der Waals surface area contributed by atoms with E-state index in [2.05, 4.69) is 0 Å². The van der Waals surface area contributed by atoms with E-state index in [0.717, 1.165) is 12.1 Å². The SMILES string of the molecule is Cc1c(CC(=O)O)cc2ccc(F)cc2c1C(=O)N1CCN(c2ccc(C(F)(F)F)cc2)CC1. The van der Waals surface area contributed by atoms with Crippen molar-refractivity contribution >= 4 is 28.3 Å². The molecule has 1 aliphatic heterocycles. The van der Waals surface area contributed by atoms with Crippen molar-refractivity contribution in [3.8, 4) is 0 Å². The quantitative estimate of drug-likeness (QED) is 0.547. The number of fused-ring (bicyclic) bond motifs is 1. The maximum atomic E-state index is 14.0. The first-order valence-electron chi connectivity index (χ1n) is 10.7. The summed E-state index contributed by atoms with van der Waals surface area (Å²) >= 11 is 0. The zero-order valence-electron chi connectivity index (χ0n) is 18.3. The summed E-state index contributed by atoms with van der Waals surface area (Å²) in [6, 6.07) is 10.6. The molecule has 5 nitrogen and oxygen atoms in total. The number of rotatable bonds is 4. The van der Waals surface area contributed by atoms with Crippen LogP contribution in [0.2, 0.25) is 0 Å². The van der Waals surface area contributed by atoms with E-state index in [4.69, 9.17) is 0 Å². The Morgan fingerprint density at radius 2 is 1.62 bits per heavy atom. The number of nitrogens with zero attached hydrogens (tertiary/aromatic N) is 2. The molecule has 0 unspecified atom stereocenters. The molecule has 1 amide bonds. The maximum Gasteiger partial charge on any atom is 0.416 e. The molecule has 1 heterocycles. The molecule has 0 saturated carbocycles. The summed E-state index contributed by atoms with van der Waals surface area (Å²) < 4.78 is 52.5. The number of alkyl halides is 3. The van der Waals surface area contributed by atoms with E-state index in [9.17, 15) is 32.3 Å². The minimum atomic E-state index is -4.40. The number of amides is 1. The average molecular weight is 474 g/mol.